The summed E-state index contributed by atoms with van der Waals surface area (Å²) < 4.78 is 11.6. The lowest BCUT2D eigenvalue weighted by Crippen LogP contribution is -2.07. The molecule has 3 aromatic carbocycles. The number of furan rings is 1. The molecule has 0 saturated carbocycles. The lowest BCUT2D eigenvalue weighted by atomic mass is 10.1. The summed E-state index contributed by atoms with van der Waals surface area (Å²) in [5.74, 6) is 0.699. The maximum absolute atomic E-state index is 12.6. The molecule has 0 atom stereocenters. The molecule has 0 aliphatic carbocycles. The lowest BCUT2D eigenvalue weighted by molar-refractivity contribution is 0.0516. The van der Waals surface area contributed by atoms with Gasteiger partial charge in [0.1, 0.15) is 11.3 Å². The van der Waals surface area contributed by atoms with E-state index in [9.17, 15) is 4.79 Å². The van der Waals surface area contributed by atoms with Crippen molar-refractivity contribution in [1.82, 2.24) is 0 Å². The third kappa shape index (κ3) is 5.01. The highest BCUT2D eigenvalue weighted by molar-refractivity contribution is 6.12. The van der Waals surface area contributed by atoms with Crippen molar-refractivity contribution in [2.45, 2.75) is 19.8 Å². The minimum Gasteiger partial charge on any atom is -0.494 e. The van der Waals surface area contributed by atoms with Crippen LogP contribution in [0.3, 0.4) is 0 Å². The first-order valence-corrected chi connectivity index (χ1v) is 10.3. The summed E-state index contributed by atoms with van der Waals surface area (Å²) >= 11 is 0. The average molecular weight is 413 g/mol. The maximum Gasteiger partial charge on any atom is 0.365 e. The zero-order valence-corrected chi connectivity index (χ0v) is 17.3. The van der Waals surface area contributed by atoms with E-state index >= 15 is 0 Å². The largest absolute Gasteiger partial charge is 0.494 e. The first-order valence-electron chi connectivity index (χ1n) is 10.3. The number of carbonyl (C=O) groups excluding carboxylic acids is 1. The molecule has 0 amide bonds. The van der Waals surface area contributed by atoms with E-state index in [2.05, 4.69) is 12.1 Å². The predicted octanol–water partition coefficient (Wildman–Crippen LogP) is 6.22. The van der Waals surface area contributed by atoms with Crippen molar-refractivity contribution in [2.75, 3.05) is 6.61 Å². The Morgan fingerprint density at radius 3 is 2.39 bits per heavy atom. The number of oxime groups is 1. The molecule has 5 nitrogen and oxygen atoms in total. The van der Waals surface area contributed by atoms with Gasteiger partial charge in [-0.3, -0.25) is 0 Å². The molecular weight excluding hydrogens is 390 g/mol. The van der Waals surface area contributed by atoms with Crippen LogP contribution < -0.4 is 4.74 Å². The van der Waals surface area contributed by atoms with Crippen molar-refractivity contribution in [3.05, 3.63) is 102 Å². The Kier molecular flexibility index (Phi) is 6.43. The van der Waals surface area contributed by atoms with Crippen LogP contribution in [0.25, 0.3) is 11.0 Å². The third-order valence-corrected chi connectivity index (χ3v) is 4.78. The van der Waals surface area contributed by atoms with Gasteiger partial charge in [0.25, 0.3) is 0 Å². The predicted molar refractivity (Wildman–Crippen MR) is 121 cm³/mol. The highest BCUT2D eigenvalue weighted by Gasteiger charge is 2.15. The van der Waals surface area contributed by atoms with Crippen LogP contribution in [0.2, 0.25) is 0 Å². The summed E-state index contributed by atoms with van der Waals surface area (Å²) in [6, 6.07) is 25.9. The number of unbranched alkanes of at least 4 members (excludes halogenated alkanes) is 1. The molecule has 0 unspecified atom stereocenters. The Labute approximate surface area is 180 Å². The number of ether oxygens (including phenoxy) is 1. The molecule has 0 spiro atoms. The first-order chi connectivity index (χ1) is 15.2. The summed E-state index contributed by atoms with van der Waals surface area (Å²) in [4.78, 5) is 17.8. The second-order valence-electron chi connectivity index (χ2n) is 7.06. The minimum atomic E-state index is -0.551. The molecule has 0 saturated heterocycles. The molecule has 0 aliphatic rings. The van der Waals surface area contributed by atoms with E-state index in [1.54, 1.807) is 24.3 Å². The van der Waals surface area contributed by atoms with Crippen LogP contribution in [-0.4, -0.2) is 18.3 Å². The molecule has 4 rings (SSSR count). The molecule has 0 bridgehead atoms. The molecular formula is C26H23NO4. The molecule has 0 fully saturated rings. The van der Waals surface area contributed by atoms with Crippen LogP contribution >= 0.6 is 0 Å². The van der Waals surface area contributed by atoms with Gasteiger partial charge in [0.2, 0.25) is 0 Å². The summed E-state index contributed by atoms with van der Waals surface area (Å²) in [7, 11) is 0. The van der Waals surface area contributed by atoms with Crippen molar-refractivity contribution >= 4 is 22.7 Å². The summed E-state index contributed by atoms with van der Waals surface area (Å²) in [6.45, 7) is 2.76. The molecule has 156 valence electrons. The van der Waals surface area contributed by atoms with Crippen LogP contribution in [0.5, 0.6) is 5.75 Å². The van der Waals surface area contributed by atoms with Crippen molar-refractivity contribution in [1.29, 1.82) is 0 Å². The van der Waals surface area contributed by atoms with E-state index in [1.165, 1.54) is 0 Å². The SMILES string of the molecule is CCCCOc1ccc(C(=O)ON=C(c2ccccc2)c2cc3ccccc3o2)cc1. The summed E-state index contributed by atoms with van der Waals surface area (Å²) in [5.41, 5.74) is 2.37. The quantitative estimate of drug-likeness (QED) is 0.149. The Morgan fingerprint density at radius 2 is 1.65 bits per heavy atom. The second-order valence-corrected chi connectivity index (χ2v) is 7.06. The van der Waals surface area contributed by atoms with Gasteiger partial charge >= 0.3 is 5.97 Å². The number of rotatable bonds is 8. The van der Waals surface area contributed by atoms with Crippen LogP contribution in [0.15, 0.2) is 94.5 Å². The summed E-state index contributed by atoms with van der Waals surface area (Å²) in [6.07, 6.45) is 2.06. The van der Waals surface area contributed by atoms with Crippen molar-refractivity contribution in [3.63, 3.8) is 0 Å². The molecule has 4 aromatic rings. The number of hydrogen-bond donors (Lipinski definition) is 0. The molecule has 31 heavy (non-hydrogen) atoms. The zero-order valence-electron chi connectivity index (χ0n) is 17.3. The third-order valence-electron chi connectivity index (χ3n) is 4.78. The number of fused-ring (bicyclic) bond motifs is 1. The number of para-hydroxylation sites is 1. The van der Waals surface area contributed by atoms with Crippen molar-refractivity contribution in [2.24, 2.45) is 5.16 Å². The smallest absolute Gasteiger partial charge is 0.365 e. The highest BCUT2D eigenvalue weighted by atomic mass is 16.7. The van der Waals surface area contributed by atoms with Crippen LogP contribution in [0.1, 0.15) is 41.4 Å². The number of carbonyl (C=O) groups is 1. The number of benzene rings is 3. The highest BCUT2D eigenvalue weighted by Crippen LogP contribution is 2.22. The molecule has 0 N–H and O–H groups in total. The standard InChI is InChI=1S/C26H23NO4/c1-2-3-17-29-22-15-13-20(14-16-22)26(28)31-27-25(19-9-5-4-6-10-19)24-18-21-11-7-8-12-23(21)30-24/h4-16,18H,2-3,17H2,1H3. The van der Waals surface area contributed by atoms with E-state index in [-0.39, 0.29) is 0 Å². The minimum absolute atomic E-state index is 0.392. The average Bonchev–Trinajstić information content (AvgIpc) is 3.24. The van der Waals surface area contributed by atoms with Gasteiger partial charge in [-0.1, -0.05) is 67.0 Å². The second kappa shape index (κ2) is 9.76. The Hall–Kier alpha value is -3.86. The van der Waals surface area contributed by atoms with E-state index in [4.69, 9.17) is 14.0 Å². The lowest BCUT2D eigenvalue weighted by Gasteiger charge is -2.06. The Morgan fingerprint density at radius 1 is 0.903 bits per heavy atom. The molecule has 1 aromatic heterocycles. The fourth-order valence-corrected chi connectivity index (χ4v) is 3.10. The molecule has 5 heteroatoms. The van der Waals surface area contributed by atoms with E-state index in [0.29, 0.717) is 23.6 Å². The van der Waals surface area contributed by atoms with Crippen molar-refractivity contribution < 1.29 is 18.8 Å². The fraction of sp³-hybridized carbons (Fsp3) is 0.154. The molecule has 1 heterocycles. The van der Waals surface area contributed by atoms with Gasteiger partial charge in [-0.15, -0.1) is 0 Å². The normalized spacial score (nSPS) is 11.5. The number of nitrogens with zero attached hydrogens (tertiary/aromatic N) is 1. The first kappa shape index (κ1) is 20.4. The van der Waals surface area contributed by atoms with Gasteiger partial charge in [0, 0.05) is 10.9 Å². The van der Waals surface area contributed by atoms with Crippen molar-refractivity contribution in [3.8, 4) is 5.75 Å². The number of hydrogen-bond acceptors (Lipinski definition) is 5. The molecule has 0 radical (unpaired) electrons. The Balaban J connectivity index is 1.56. The van der Waals surface area contributed by atoms with Gasteiger partial charge in [-0.25, -0.2) is 4.79 Å². The zero-order chi connectivity index (χ0) is 21.5. The van der Waals surface area contributed by atoms with Gasteiger partial charge in [0.15, 0.2) is 11.5 Å². The van der Waals surface area contributed by atoms with Gasteiger partial charge < -0.3 is 14.0 Å². The van der Waals surface area contributed by atoms with Crippen LogP contribution in [0.4, 0.5) is 0 Å². The van der Waals surface area contributed by atoms with E-state index in [1.807, 2.05) is 60.7 Å². The van der Waals surface area contributed by atoms with Gasteiger partial charge in [-0.05, 0) is 42.8 Å². The van der Waals surface area contributed by atoms with E-state index in [0.717, 1.165) is 35.1 Å². The van der Waals surface area contributed by atoms with Gasteiger partial charge in [0.05, 0.1) is 12.2 Å². The Bertz CT molecular complexity index is 1140. The topological polar surface area (TPSA) is 61.0 Å². The molecule has 0 aliphatic heterocycles. The monoisotopic (exact) mass is 413 g/mol. The maximum atomic E-state index is 12.6. The van der Waals surface area contributed by atoms with E-state index < -0.39 is 5.97 Å². The van der Waals surface area contributed by atoms with Crippen LogP contribution in [0, 0.1) is 0 Å². The van der Waals surface area contributed by atoms with Gasteiger partial charge in [-0.2, -0.15) is 0 Å². The fourth-order valence-electron chi connectivity index (χ4n) is 3.10. The summed E-state index contributed by atoms with van der Waals surface area (Å²) in [5, 5.41) is 5.11. The van der Waals surface area contributed by atoms with Crippen LogP contribution in [-0.2, 0) is 4.84 Å².